The van der Waals surface area contributed by atoms with Crippen LogP contribution in [0.3, 0.4) is 0 Å². The Labute approximate surface area is 167 Å². The molecular formula is C20H18BN5O3. The lowest BCUT2D eigenvalue weighted by atomic mass is 9.77. The monoisotopic (exact) mass is 387 g/mol. The maximum absolute atomic E-state index is 10.5. The first-order valence-corrected chi connectivity index (χ1v) is 9.26. The second-order valence-corrected chi connectivity index (χ2v) is 7.00. The molecule has 5 rings (SSSR count). The van der Waals surface area contributed by atoms with Crippen molar-refractivity contribution in [2.75, 3.05) is 12.3 Å². The molecule has 29 heavy (non-hydrogen) atoms. The van der Waals surface area contributed by atoms with E-state index in [0.29, 0.717) is 29.0 Å². The van der Waals surface area contributed by atoms with E-state index in [1.165, 1.54) is 6.20 Å². The van der Waals surface area contributed by atoms with Gasteiger partial charge in [-0.3, -0.25) is 0 Å². The molecule has 1 unspecified atom stereocenters. The summed E-state index contributed by atoms with van der Waals surface area (Å²) in [4.78, 5) is 0. The number of rotatable bonds is 2. The molecule has 0 radical (unpaired) electrons. The van der Waals surface area contributed by atoms with Gasteiger partial charge in [-0.1, -0.05) is 6.07 Å². The highest BCUT2D eigenvalue weighted by Gasteiger charge is 2.29. The molecule has 0 saturated carbocycles. The van der Waals surface area contributed by atoms with Crippen molar-refractivity contribution in [1.82, 2.24) is 20.0 Å². The third-order valence-corrected chi connectivity index (χ3v) is 4.94. The molecule has 1 aliphatic heterocycles. The number of hydrogen-bond acceptors (Lipinski definition) is 7. The summed E-state index contributed by atoms with van der Waals surface area (Å²) in [7, 11) is -1.07. The van der Waals surface area contributed by atoms with Crippen LogP contribution in [0.4, 0.5) is 5.69 Å². The number of ether oxygens (including phenoxy) is 1. The highest BCUT2D eigenvalue weighted by molar-refractivity contribution is 6.61. The van der Waals surface area contributed by atoms with Crippen LogP contribution in [-0.2, 0) is 4.65 Å². The van der Waals surface area contributed by atoms with Crippen LogP contribution in [0.25, 0.3) is 27.7 Å². The molecule has 3 N–H and O–H groups in total. The van der Waals surface area contributed by atoms with E-state index in [9.17, 15) is 5.02 Å². The van der Waals surface area contributed by atoms with Gasteiger partial charge < -0.3 is 20.1 Å². The van der Waals surface area contributed by atoms with Gasteiger partial charge in [-0.25, -0.2) is 4.68 Å². The molecule has 3 heterocycles. The number of nitrogens with two attached hydrogens (primary N) is 1. The van der Waals surface area contributed by atoms with Gasteiger partial charge in [-0.05, 0) is 36.8 Å². The molecule has 4 aromatic rings. The fourth-order valence-corrected chi connectivity index (χ4v) is 3.53. The zero-order valence-electron chi connectivity index (χ0n) is 15.7. The van der Waals surface area contributed by atoms with Crippen molar-refractivity contribution in [2.24, 2.45) is 0 Å². The maximum Gasteiger partial charge on any atom is 0.495 e. The first-order valence-electron chi connectivity index (χ1n) is 9.26. The molecule has 2 aromatic heterocycles. The number of benzene rings is 2. The largest absolute Gasteiger partial charge is 0.495 e. The summed E-state index contributed by atoms with van der Waals surface area (Å²) < 4.78 is 13.3. The lowest BCUT2D eigenvalue weighted by Gasteiger charge is -2.17. The summed E-state index contributed by atoms with van der Waals surface area (Å²) in [6, 6.07) is 11.4. The van der Waals surface area contributed by atoms with Crippen molar-refractivity contribution in [3.63, 3.8) is 0 Å². The van der Waals surface area contributed by atoms with E-state index in [0.717, 1.165) is 22.2 Å². The molecule has 0 bridgehead atoms. The van der Waals surface area contributed by atoms with E-state index in [2.05, 4.69) is 15.3 Å². The van der Waals surface area contributed by atoms with Crippen LogP contribution in [-0.4, -0.2) is 44.8 Å². The van der Waals surface area contributed by atoms with Gasteiger partial charge >= 0.3 is 7.12 Å². The molecule has 0 spiro atoms. The standard InChI is InChI=1S/C20H18BN5O3/c1-12-11-28-21(27)16-8-15(19(9-20(16)29-12)26-6-2-5-24-26)13-3-4-14-17(22)10-23-25-18(14)7-13/h2-10,12,27H,11H2,1H3,(H2,22,25). The van der Waals surface area contributed by atoms with Crippen LogP contribution < -0.4 is 15.9 Å². The normalized spacial score (nSPS) is 16.3. The van der Waals surface area contributed by atoms with E-state index in [4.69, 9.17) is 15.1 Å². The molecule has 2 aromatic carbocycles. The summed E-state index contributed by atoms with van der Waals surface area (Å²) in [5, 5.41) is 23.9. The molecule has 9 heteroatoms. The fraction of sp³-hybridized carbons (Fsp3) is 0.150. The second kappa shape index (κ2) is 6.87. The average molecular weight is 387 g/mol. The molecule has 144 valence electrons. The van der Waals surface area contributed by atoms with Crippen LogP contribution in [0, 0.1) is 0 Å². The predicted molar refractivity (Wildman–Crippen MR) is 110 cm³/mol. The van der Waals surface area contributed by atoms with Crippen LogP contribution in [0.15, 0.2) is 55.0 Å². The van der Waals surface area contributed by atoms with Crippen molar-refractivity contribution < 1.29 is 14.4 Å². The van der Waals surface area contributed by atoms with Gasteiger partial charge in [0.1, 0.15) is 11.9 Å². The van der Waals surface area contributed by atoms with Gasteiger partial charge in [0.15, 0.2) is 0 Å². The van der Waals surface area contributed by atoms with Crippen molar-refractivity contribution in [3.05, 3.63) is 55.0 Å². The predicted octanol–water partition coefficient (Wildman–Crippen LogP) is 1.55. The van der Waals surface area contributed by atoms with E-state index < -0.39 is 7.12 Å². The van der Waals surface area contributed by atoms with Crippen molar-refractivity contribution >= 4 is 29.2 Å². The molecule has 0 aliphatic carbocycles. The summed E-state index contributed by atoms with van der Waals surface area (Å²) in [5.41, 5.74) is 10.4. The molecule has 0 saturated heterocycles. The van der Waals surface area contributed by atoms with Crippen LogP contribution >= 0.6 is 0 Å². The van der Waals surface area contributed by atoms with Gasteiger partial charge in [0.05, 0.1) is 29.7 Å². The highest BCUT2D eigenvalue weighted by Crippen LogP contribution is 2.32. The van der Waals surface area contributed by atoms with Gasteiger partial charge in [-0.2, -0.15) is 15.3 Å². The minimum atomic E-state index is -1.07. The summed E-state index contributed by atoms with van der Waals surface area (Å²) in [6.07, 6.45) is 4.92. The minimum Gasteiger partial charge on any atom is -0.489 e. The molecule has 0 amide bonds. The Balaban J connectivity index is 1.75. The van der Waals surface area contributed by atoms with Crippen molar-refractivity contribution in [3.8, 4) is 22.6 Å². The maximum atomic E-state index is 10.5. The highest BCUT2D eigenvalue weighted by atomic mass is 16.6. The number of hydrogen-bond donors (Lipinski definition) is 2. The van der Waals surface area contributed by atoms with Crippen molar-refractivity contribution in [2.45, 2.75) is 13.0 Å². The van der Waals surface area contributed by atoms with E-state index >= 15 is 0 Å². The topological polar surface area (TPSA) is 108 Å². The van der Waals surface area contributed by atoms with Crippen LogP contribution in [0.1, 0.15) is 6.92 Å². The van der Waals surface area contributed by atoms with Crippen LogP contribution in [0.2, 0.25) is 0 Å². The molecule has 1 aliphatic rings. The van der Waals surface area contributed by atoms with Gasteiger partial charge in [-0.15, -0.1) is 0 Å². The Morgan fingerprint density at radius 3 is 3.00 bits per heavy atom. The first kappa shape index (κ1) is 17.7. The SMILES string of the molecule is CC1COB(O)c2cc(-c3ccc4c(N)cnnc4c3)c(-n3cccn3)cc2O1. The Hall–Kier alpha value is -3.43. The lowest BCUT2D eigenvalue weighted by molar-refractivity contribution is 0.142. The number of nitrogens with zero attached hydrogens (tertiary/aromatic N) is 4. The zero-order chi connectivity index (χ0) is 20.0. The molecule has 1 atom stereocenters. The number of anilines is 1. The van der Waals surface area contributed by atoms with Gasteiger partial charge in [0.2, 0.25) is 0 Å². The molecule has 8 nitrogen and oxygen atoms in total. The Kier molecular flexibility index (Phi) is 4.19. The summed E-state index contributed by atoms with van der Waals surface area (Å²) >= 11 is 0. The second-order valence-electron chi connectivity index (χ2n) is 7.00. The van der Waals surface area contributed by atoms with Gasteiger partial charge in [0, 0.05) is 34.9 Å². The molecular weight excluding hydrogens is 369 g/mol. The average Bonchev–Trinajstić information content (AvgIpc) is 3.22. The Morgan fingerprint density at radius 1 is 1.28 bits per heavy atom. The van der Waals surface area contributed by atoms with Crippen LogP contribution in [0.5, 0.6) is 5.75 Å². The van der Waals surface area contributed by atoms with E-state index in [1.54, 1.807) is 10.9 Å². The van der Waals surface area contributed by atoms with Crippen molar-refractivity contribution in [1.29, 1.82) is 0 Å². The fourth-order valence-electron chi connectivity index (χ4n) is 3.53. The quantitative estimate of drug-likeness (QED) is 0.503. The number of nitrogen functional groups attached to an aromatic ring is 1. The third-order valence-electron chi connectivity index (χ3n) is 4.94. The van der Waals surface area contributed by atoms with E-state index in [-0.39, 0.29) is 6.10 Å². The summed E-state index contributed by atoms with van der Waals surface area (Å²) in [6.45, 7) is 2.20. The Morgan fingerprint density at radius 2 is 2.17 bits per heavy atom. The first-order chi connectivity index (χ1) is 14.1. The zero-order valence-corrected chi connectivity index (χ0v) is 15.7. The molecule has 0 fully saturated rings. The van der Waals surface area contributed by atoms with Gasteiger partial charge in [0.25, 0.3) is 0 Å². The third kappa shape index (κ3) is 3.10. The number of fused-ring (bicyclic) bond motifs is 2. The summed E-state index contributed by atoms with van der Waals surface area (Å²) in [5.74, 6) is 0.571. The van der Waals surface area contributed by atoms with E-state index in [1.807, 2.05) is 49.5 Å². The number of aromatic nitrogens is 4. The smallest absolute Gasteiger partial charge is 0.489 e. The lowest BCUT2D eigenvalue weighted by Crippen LogP contribution is -2.33. The Bertz CT molecular complexity index is 1200. The minimum absolute atomic E-state index is 0.180.